The number of aryl methyl sites for hydroxylation is 2. The lowest BCUT2D eigenvalue weighted by Gasteiger charge is -2.20. The average Bonchev–Trinajstić information content (AvgIpc) is 2.84. The van der Waals surface area contributed by atoms with E-state index in [9.17, 15) is 0 Å². The summed E-state index contributed by atoms with van der Waals surface area (Å²) in [5.41, 5.74) is 5.09. The monoisotopic (exact) mass is 451 g/mol. The van der Waals surface area contributed by atoms with Gasteiger partial charge in [-0.05, 0) is 55.0 Å². The zero-order chi connectivity index (χ0) is 23.1. The Labute approximate surface area is 202 Å². The van der Waals surface area contributed by atoms with Crippen molar-refractivity contribution in [3.8, 4) is 22.8 Å². The SMILES string of the molecule is CCCCCCCCCCOc1ccc2c(c1)CCc1nc(OCCCCCCC)ccc1-2. The highest BCUT2D eigenvalue weighted by Crippen LogP contribution is 2.35. The van der Waals surface area contributed by atoms with Crippen LogP contribution in [0.5, 0.6) is 11.6 Å². The fourth-order valence-electron chi connectivity index (χ4n) is 4.69. The van der Waals surface area contributed by atoms with Gasteiger partial charge in [0.25, 0.3) is 0 Å². The van der Waals surface area contributed by atoms with Gasteiger partial charge in [-0.3, -0.25) is 0 Å². The van der Waals surface area contributed by atoms with E-state index in [0.29, 0.717) is 0 Å². The van der Waals surface area contributed by atoms with E-state index in [2.05, 4.69) is 38.1 Å². The van der Waals surface area contributed by atoms with Crippen molar-refractivity contribution in [2.75, 3.05) is 13.2 Å². The maximum Gasteiger partial charge on any atom is 0.213 e. The van der Waals surface area contributed by atoms with E-state index in [1.54, 1.807) is 0 Å². The first-order valence-electron chi connectivity index (χ1n) is 13.7. The van der Waals surface area contributed by atoms with Crippen LogP contribution < -0.4 is 9.47 Å². The molecule has 1 aromatic carbocycles. The van der Waals surface area contributed by atoms with Gasteiger partial charge in [0.1, 0.15) is 5.75 Å². The van der Waals surface area contributed by atoms with E-state index in [0.717, 1.165) is 50.5 Å². The molecule has 0 unspecified atom stereocenters. The number of aromatic nitrogens is 1. The van der Waals surface area contributed by atoms with Gasteiger partial charge in [-0.25, -0.2) is 4.98 Å². The van der Waals surface area contributed by atoms with Gasteiger partial charge >= 0.3 is 0 Å². The number of hydrogen-bond donors (Lipinski definition) is 0. The first kappa shape index (κ1) is 25.6. The van der Waals surface area contributed by atoms with E-state index in [1.807, 2.05) is 6.07 Å². The molecule has 3 heteroatoms. The molecule has 0 bridgehead atoms. The number of ether oxygens (including phenoxy) is 2. The number of unbranched alkanes of at least 4 members (excludes halogenated alkanes) is 11. The molecule has 0 atom stereocenters. The van der Waals surface area contributed by atoms with Crippen LogP contribution in [0.2, 0.25) is 0 Å². The Morgan fingerprint density at radius 3 is 1.94 bits per heavy atom. The molecular formula is C30H45NO2. The minimum Gasteiger partial charge on any atom is -0.494 e. The van der Waals surface area contributed by atoms with Crippen molar-refractivity contribution in [2.45, 2.75) is 110 Å². The fourth-order valence-corrected chi connectivity index (χ4v) is 4.69. The summed E-state index contributed by atoms with van der Waals surface area (Å²) in [7, 11) is 0. The van der Waals surface area contributed by atoms with Crippen LogP contribution in [0.4, 0.5) is 0 Å². The van der Waals surface area contributed by atoms with Crippen LogP contribution in [0, 0.1) is 0 Å². The van der Waals surface area contributed by atoms with Crippen molar-refractivity contribution in [2.24, 2.45) is 0 Å². The summed E-state index contributed by atoms with van der Waals surface area (Å²) < 4.78 is 12.0. The van der Waals surface area contributed by atoms with Crippen LogP contribution in [-0.2, 0) is 12.8 Å². The van der Waals surface area contributed by atoms with Crippen LogP contribution in [0.3, 0.4) is 0 Å². The number of benzene rings is 1. The van der Waals surface area contributed by atoms with E-state index in [4.69, 9.17) is 14.5 Å². The molecule has 182 valence electrons. The second kappa shape index (κ2) is 15.0. The van der Waals surface area contributed by atoms with Crippen LogP contribution >= 0.6 is 0 Å². The van der Waals surface area contributed by atoms with Gasteiger partial charge in [0.2, 0.25) is 5.88 Å². The molecule has 3 nitrogen and oxygen atoms in total. The molecule has 2 aromatic rings. The summed E-state index contributed by atoms with van der Waals surface area (Å²) in [6, 6.07) is 10.8. The summed E-state index contributed by atoms with van der Waals surface area (Å²) >= 11 is 0. The number of nitrogens with zero attached hydrogens (tertiary/aromatic N) is 1. The third-order valence-corrected chi connectivity index (χ3v) is 6.71. The van der Waals surface area contributed by atoms with Crippen molar-refractivity contribution in [3.63, 3.8) is 0 Å². The van der Waals surface area contributed by atoms with E-state index in [1.165, 1.54) is 93.0 Å². The molecular weight excluding hydrogens is 406 g/mol. The van der Waals surface area contributed by atoms with Gasteiger partial charge < -0.3 is 9.47 Å². The lowest BCUT2D eigenvalue weighted by Crippen LogP contribution is -2.08. The predicted molar refractivity (Wildman–Crippen MR) is 139 cm³/mol. The van der Waals surface area contributed by atoms with E-state index in [-0.39, 0.29) is 0 Å². The molecule has 0 fully saturated rings. The Morgan fingerprint density at radius 1 is 0.636 bits per heavy atom. The molecule has 1 aliphatic carbocycles. The van der Waals surface area contributed by atoms with Gasteiger partial charge in [-0.1, -0.05) is 90.5 Å². The van der Waals surface area contributed by atoms with Gasteiger partial charge in [-0.15, -0.1) is 0 Å². The van der Waals surface area contributed by atoms with Gasteiger partial charge in [0.15, 0.2) is 0 Å². The molecule has 1 aliphatic rings. The second-order valence-electron chi connectivity index (χ2n) is 9.55. The van der Waals surface area contributed by atoms with Crippen LogP contribution in [0.25, 0.3) is 11.1 Å². The van der Waals surface area contributed by atoms with E-state index < -0.39 is 0 Å². The molecule has 0 amide bonds. The molecule has 0 spiro atoms. The van der Waals surface area contributed by atoms with Crippen molar-refractivity contribution in [1.82, 2.24) is 4.98 Å². The summed E-state index contributed by atoms with van der Waals surface area (Å²) in [6.07, 6.45) is 18.9. The van der Waals surface area contributed by atoms with Gasteiger partial charge in [0.05, 0.1) is 18.9 Å². The Hall–Kier alpha value is -2.03. The predicted octanol–water partition coefficient (Wildman–Crippen LogP) is 8.72. The zero-order valence-electron chi connectivity index (χ0n) is 21.2. The summed E-state index contributed by atoms with van der Waals surface area (Å²) in [5.74, 6) is 1.79. The Bertz CT molecular complexity index is 817. The Morgan fingerprint density at radius 2 is 1.24 bits per heavy atom. The topological polar surface area (TPSA) is 31.4 Å². The summed E-state index contributed by atoms with van der Waals surface area (Å²) in [5, 5.41) is 0. The smallest absolute Gasteiger partial charge is 0.213 e. The number of fused-ring (bicyclic) bond motifs is 3. The lowest BCUT2D eigenvalue weighted by molar-refractivity contribution is 0.292. The summed E-state index contributed by atoms with van der Waals surface area (Å²) in [4.78, 5) is 4.82. The highest BCUT2D eigenvalue weighted by molar-refractivity contribution is 5.73. The van der Waals surface area contributed by atoms with Crippen LogP contribution in [0.15, 0.2) is 30.3 Å². The third-order valence-electron chi connectivity index (χ3n) is 6.71. The van der Waals surface area contributed by atoms with Crippen molar-refractivity contribution < 1.29 is 9.47 Å². The Kier molecular flexibility index (Phi) is 11.6. The van der Waals surface area contributed by atoms with Gasteiger partial charge in [-0.2, -0.15) is 0 Å². The first-order chi connectivity index (χ1) is 16.3. The maximum absolute atomic E-state index is 6.07. The molecule has 0 saturated carbocycles. The molecule has 1 aromatic heterocycles. The lowest BCUT2D eigenvalue weighted by atomic mass is 9.88. The highest BCUT2D eigenvalue weighted by atomic mass is 16.5. The molecule has 0 radical (unpaired) electrons. The molecule has 0 N–H and O–H groups in total. The number of hydrogen-bond acceptors (Lipinski definition) is 3. The first-order valence-corrected chi connectivity index (χ1v) is 13.7. The molecule has 0 saturated heterocycles. The van der Waals surface area contributed by atoms with Crippen molar-refractivity contribution in [3.05, 3.63) is 41.6 Å². The van der Waals surface area contributed by atoms with Crippen molar-refractivity contribution >= 4 is 0 Å². The minimum absolute atomic E-state index is 0.769. The normalized spacial score (nSPS) is 12.3. The quantitative estimate of drug-likeness (QED) is 0.225. The summed E-state index contributed by atoms with van der Waals surface area (Å²) in [6.45, 7) is 6.12. The molecule has 33 heavy (non-hydrogen) atoms. The third kappa shape index (κ3) is 8.68. The van der Waals surface area contributed by atoms with E-state index >= 15 is 0 Å². The zero-order valence-corrected chi connectivity index (χ0v) is 21.2. The average molecular weight is 452 g/mol. The van der Waals surface area contributed by atoms with Crippen LogP contribution in [-0.4, -0.2) is 18.2 Å². The molecule has 1 heterocycles. The molecule has 0 aliphatic heterocycles. The van der Waals surface area contributed by atoms with Crippen molar-refractivity contribution in [1.29, 1.82) is 0 Å². The number of rotatable bonds is 17. The highest BCUT2D eigenvalue weighted by Gasteiger charge is 2.18. The Balaban J connectivity index is 1.42. The maximum atomic E-state index is 6.07. The standard InChI is InChI=1S/C30H45NO2/c1-3-5-7-9-10-11-13-14-22-32-26-17-18-27-25(24-26)16-20-29-28(27)19-21-30(31-29)33-23-15-12-8-6-4-2/h17-19,21,24H,3-16,20,22-23H2,1-2H3. The fraction of sp³-hybridized carbons (Fsp3) is 0.633. The molecule has 3 rings (SSSR count). The van der Waals surface area contributed by atoms with Gasteiger partial charge in [0, 0.05) is 11.6 Å². The largest absolute Gasteiger partial charge is 0.494 e. The second-order valence-corrected chi connectivity index (χ2v) is 9.55. The van der Waals surface area contributed by atoms with Crippen LogP contribution in [0.1, 0.15) is 109 Å². The number of pyridine rings is 1. The minimum atomic E-state index is 0.769.